The summed E-state index contributed by atoms with van der Waals surface area (Å²) in [4.78, 5) is 12.0. The minimum atomic E-state index is 0.0286. The molecule has 0 saturated heterocycles. The van der Waals surface area contributed by atoms with E-state index in [1.54, 1.807) is 24.3 Å². The van der Waals surface area contributed by atoms with E-state index in [0.29, 0.717) is 23.5 Å². The molecule has 0 spiro atoms. The van der Waals surface area contributed by atoms with Gasteiger partial charge in [0.1, 0.15) is 5.75 Å². The molecule has 0 saturated carbocycles. The zero-order chi connectivity index (χ0) is 14.4. The quantitative estimate of drug-likeness (QED) is 0.783. The molecule has 0 aliphatic rings. The van der Waals surface area contributed by atoms with Gasteiger partial charge in [-0.1, -0.05) is 31.5 Å². The molecule has 1 N–H and O–H groups in total. The zero-order valence-electron chi connectivity index (χ0n) is 11.5. The second-order valence-corrected chi connectivity index (χ2v) is 4.62. The monoisotopic (exact) mass is 270 g/mol. The summed E-state index contributed by atoms with van der Waals surface area (Å²) in [7, 11) is 0. The lowest BCUT2D eigenvalue weighted by Crippen LogP contribution is -1.99. The highest BCUT2D eigenvalue weighted by Gasteiger charge is 2.10. The van der Waals surface area contributed by atoms with Gasteiger partial charge in [-0.25, -0.2) is 0 Å². The molecule has 2 aromatic rings. The molecule has 3 heteroatoms. The minimum absolute atomic E-state index is 0.0286. The molecular weight excluding hydrogens is 252 g/mol. The molecule has 0 aliphatic heterocycles. The van der Waals surface area contributed by atoms with E-state index in [4.69, 9.17) is 4.74 Å². The number of carbonyl (C=O) groups is 1. The number of phenolic OH excluding ortho intramolecular Hbond substituents is 1. The van der Waals surface area contributed by atoms with Gasteiger partial charge in [-0.05, 0) is 36.8 Å². The summed E-state index contributed by atoms with van der Waals surface area (Å²) in [6.07, 6.45) is 2.37. The van der Waals surface area contributed by atoms with Crippen LogP contribution in [0.2, 0.25) is 0 Å². The number of ether oxygens (including phenoxy) is 1. The van der Waals surface area contributed by atoms with Gasteiger partial charge in [-0.2, -0.15) is 0 Å². The number of phenols is 1. The van der Waals surface area contributed by atoms with Crippen molar-refractivity contribution in [1.29, 1.82) is 0 Å². The Morgan fingerprint density at radius 2 is 1.90 bits per heavy atom. The lowest BCUT2D eigenvalue weighted by Gasteiger charge is -2.09. The highest BCUT2D eigenvalue weighted by atomic mass is 16.5. The highest BCUT2D eigenvalue weighted by Crippen LogP contribution is 2.31. The van der Waals surface area contributed by atoms with Crippen molar-refractivity contribution in [2.45, 2.75) is 26.2 Å². The third-order valence-corrected chi connectivity index (χ3v) is 3.01. The van der Waals surface area contributed by atoms with E-state index in [9.17, 15) is 9.90 Å². The number of ketones is 1. The molecule has 104 valence electrons. The first-order chi connectivity index (χ1) is 9.70. The summed E-state index contributed by atoms with van der Waals surface area (Å²) in [5, 5.41) is 9.82. The van der Waals surface area contributed by atoms with E-state index in [-0.39, 0.29) is 11.5 Å². The predicted molar refractivity (Wildman–Crippen MR) is 78.5 cm³/mol. The first kappa shape index (κ1) is 14.1. The van der Waals surface area contributed by atoms with E-state index in [2.05, 4.69) is 0 Å². The number of hydrogen-bond acceptors (Lipinski definition) is 3. The van der Waals surface area contributed by atoms with E-state index in [1.807, 2.05) is 25.1 Å². The maximum Gasteiger partial charge on any atom is 0.169 e. The van der Waals surface area contributed by atoms with Crippen LogP contribution in [-0.2, 0) is 0 Å². The Balaban J connectivity index is 2.18. The van der Waals surface area contributed by atoms with Crippen LogP contribution >= 0.6 is 0 Å². The first-order valence-electron chi connectivity index (χ1n) is 6.80. The smallest absolute Gasteiger partial charge is 0.169 e. The van der Waals surface area contributed by atoms with Crippen molar-refractivity contribution in [3.05, 3.63) is 54.1 Å². The second-order valence-electron chi connectivity index (χ2n) is 4.62. The van der Waals surface area contributed by atoms with Crippen molar-refractivity contribution in [3.8, 4) is 17.2 Å². The largest absolute Gasteiger partial charge is 0.504 e. The van der Waals surface area contributed by atoms with Gasteiger partial charge in [0.05, 0.1) is 0 Å². The van der Waals surface area contributed by atoms with E-state index in [0.717, 1.165) is 12.8 Å². The number of aromatic hydroxyl groups is 1. The highest BCUT2D eigenvalue weighted by molar-refractivity contribution is 5.96. The van der Waals surface area contributed by atoms with E-state index in [1.165, 1.54) is 6.07 Å². The standard InChI is InChI=1S/C17H18O3/c1-2-3-9-15(18)13-10-11-16(19)17(12-13)20-14-7-5-4-6-8-14/h4-8,10-12,19H,2-3,9H2,1H3. The molecule has 20 heavy (non-hydrogen) atoms. The number of para-hydroxylation sites is 1. The van der Waals surface area contributed by atoms with Crippen molar-refractivity contribution < 1.29 is 14.6 Å². The Morgan fingerprint density at radius 1 is 1.15 bits per heavy atom. The van der Waals surface area contributed by atoms with Gasteiger partial charge in [0, 0.05) is 12.0 Å². The molecule has 2 rings (SSSR count). The van der Waals surface area contributed by atoms with Gasteiger partial charge >= 0.3 is 0 Å². The summed E-state index contributed by atoms with van der Waals surface area (Å²) in [5.41, 5.74) is 0.571. The molecule has 0 aliphatic carbocycles. The van der Waals surface area contributed by atoms with Crippen LogP contribution in [0.15, 0.2) is 48.5 Å². The number of Topliss-reactive ketones (excluding diaryl/α,β-unsaturated/α-hetero) is 1. The van der Waals surface area contributed by atoms with Crippen LogP contribution in [0.4, 0.5) is 0 Å². The fraction of sp³-hybridized carbons (Fsp3) is 0.235. The summed E-state index contributed by atoms with van der Waals surface area (Å²) in [5.74, 6) is 1.03. The van der Waals surface area contributed by atoms with Gasteiger partial charge in [0.15, 0.2) is 17.3 Å². The number of hydrogen-bond donors (Lipinski definition) is 1. The molecule has 0 bridgehead atoms. The van der Waals surface area contributed by atoms with Gasteiger partial charge in [0.2, 0.25) is 0 Å². The molecule has 0 amide bonds. The zero-order valence-corrected chi connectivity index (χ0v) is 11.5. The predicted octanol–water partition coefficient (Wildman–Crippen LogP) is 4.56. The molecule has 0 atom stereocenters. The fourth-order valence-corrected chi connectivity index (χ4v) is 1.87. The van der Waals surface area contributed by atoms with Crippen molar-refractivity contribution in [1.82, 2.24) is 0 Å². The average molecular weight is 270 g/mol. The van der Waals surface area contributed by atoms with Crippen LogP contribution in [0.3, 0.4) is 0 Å². The summed E-state index contributed by atoms with van der Waals surface area (Å²) in [6.45, 7) is 2.05. The van der Waals surface area contributed by atoms with Crippen molar-refractivity contribution in [2.75, 3.05) is 0 Å². The number of carbonyl (C=O) groups excluding carboxylic acids is 1. The first-order valence-corrected chi connectivity index (χ1v) is 6.80. The Kier molecular flexibility index (Phi) is 4.77. The number of rotatable bonds is 6. The minimum Gasteiger partial charge on any atom is -0.504 e. The molecular formula is C17H18O3. The van der Waals surface area contributed by atoms with E-state index >= 15 is 0 Å². The van der Waals surface area contributed by atoms with Crippen molar-refractivity contribution in [2.24, 2.45) is 0 Å². The molecule has 0 fully saturated rings. The molecule has 0 radical (unpaired) electrons. The second kappa shape index (κ2) is 6.75. The topological polar surface area (TPSA) is 46.5 Å². The Morgan fingerprint density at radius 3 is 2.60 bits per heavy atom. The lowest BCUT2D eigenvalue weighted by molar-refractivity contribution is 0.0979. The number of benzene rings is 2. The molecule has 0 aromatic heterocycles. The lowest BCUT2D eigenvalue weighted by atomic mass is 10.1. The van der Waals surface area contributed by atoms with E-state index < -0.39 is 0 Å². The molecule has 0 heterocycles. The van der Waals surface area contributed by atoms with Gasteiger partial charge < -0.3 is 9.84 Å². The summed E-state index contributed by atoms with van der Waals surface area (Å²) < 4.78 is 5.60. The maximum absolute atomic E-state index is 12.0. The molecule has 2 aromatic carbocycles. The summed E-state index contributed by atoms with van der Waals surface area (Å²) in [6, 6.07) is 13.9. The number of unbranched alkanes of at least 4 members (excludes halogenated alkanes) is 1. The van der Waals surface area contributed by atoms with Crippen LogP contribution < -0.4 is 4.74 Å². The van der Waals surface area contributed by atoms with Crippen LogP contribution in [0.1, 0.15) is 36.5 Å². The Bertz CT molecular complexity index is 576. The van der Waals surface area contributed by atoms with Gasteiger partial charge in [-0.3, -0.25) is 4.79 Å². The Labute approximate surface area is 118 Å². The third kappa shape index (κ3) is 3.60. The molecule has 3 nitrogen and oxygen atoms in total. The molecule has 0 unspecified atom stereocenters. The SMILES string of the molecule is CCCCC(=O)c1ccc(O)c(Oc2ccccc2)c1. The van der Waals surface area contributed by atoms with Gasteiger partial charge in [0.25, 0.3) is 0 Å². The van der Waals surface area contributed by atoms with Crippen molar-refractivity contribution in [3.63, 3.8) is 0 Å². The normalized spacial score (nSPS) is 10.2. The van der Waals surface area contributed by atoms with Crippen molar-refractivity contribution >= 4 is 5.78 Å². The maximum atomic E-state index is 12.0. The Hall–Kier alpha value is -2.29. The van der Waals surface area contributed by atoms with Crippen LogP contribution in [0.25, 0.3) is 0 Å². The summed E-state index contributed by atoms with van der Waals surface area (Å²) >= 11 is 0. The fourth-order valence-electron chi connectivity index (χ4n) is 1.87. The van der Waals surface area contributed by atoms with Crippen LogP contribution in [-0.4, -0.2) is 10.9 Å². The van der Waals surface area contributed by atoms with Gasteiger partial charge in [-0.15, -0.1) is 0 Å². The van der Waals surface area contributed by atoms with Crippen LogP contribution in [0.5, 0.6) is 17.2 Å². The third-order valence-electron chi connectivity index (χ3n) is 3.01. The van der Waals surface area contributed by atoms with Crippen LogP contribution in [0, 0.1) is 0 Å². The average Bonchev–Trinajstić information content (AvgIpc) is 2.48.